The molecular formula is C27H25BrN2O4S. The van der Waals surface area contributed by atoms with Crippen molar-refractivity contribution in [3.8, 4) is 5.75 Å². The standard InChI is InChI=1S/C27H25BrN2O4S/c1-5-13-34-21-12-9-18(14-20(21)28)15-22-25(31)30-24(19-10-7-16(3)8-11-19)23(26(32)33-6-2)17(4)29-27(30)35-22/h5,7-12,14-15,24H,1,6,13H2,2-4H3/b22-15+/t24-/m1/s1. The fourth-order valence-electron chi connectivity index (χ4n) is 3.88. The minimum absolute atomic E-state index is 0.211. The number of aryl methyl sites for hydroxylation is 1. The lowest BCUT2D eigenvalue weighted by molar-refractivity contribution is -0.139. The zero-order valence-electron chi connectivity index (χ0n) is 19.7. The highest BCUT2D eigenvalue weighted by atomic mass is 79.9. The molecule has 1 aliphatic heterocycles. The third kappa shape index (κ3) is 5.09. The van der Waals surface area contributed by atoms with E-state index in [9.17, 15) is 9.59 Å². The van der Waals surface area contributed by atoms with Gasteiger partial charge in [0.05, 0.1) is 32.9 Å². The number of ether oxygens (including phenoxy) is 2. The Morgan fingerprint density at radius 2 is 1.97 bits per heavy atom. The zero-order chi connectivity index (χ0) is 25.1. The highest BCUT2D eigenvalue weighted by Crippen LogP contribution is 2.31. The molecule has 0 spiro atoms. The van der Waals surface area contributed by atoms with Crippen LogP contribution in [0.25, 0.3) is 6.08 Å². The van der Waals surface area contributed by atoms with Crippen molar-refractivity contribution in [2.24, 2.45) is 4.99 Å². The summed E-state index contributed by atoms with van der Waals surface area (Å²) in [6.07, 6.45) is 3.50. The van der Waals surface area contributed by atoms with E-state index >= 15 is 0 Å². The number of esters is 1. The maximum absolute atomic E-state index is 13.7. The van der Waals surface area contributed by atoms with E-state index in [0.29, 0.717) is 33.0 Å². The first-order chi connectivity index (χ1) is 16.8. The summed E-state index contributed by atoms with van der Waals surface area (Å²) in [7, 11) is 0. The zero-order valence-corrected chi connectivity index (χ0v) is 22.1. The number of allylic oxidation sites excluding steroid dienone is 1. The molecular weight excluding hydrogens is 528 g/mol. The van der Waals surface area contributed by atoms with Crippen LogP contribution in [-0.2, 0) is 9.53 Å². The molecule has 180 valence electrons. The molecule has 2 heterocycles. The van der Waals surface area contributed by atoms with Gasteiger partial charge in [-0.25, -0.2) is 9.79 Å². The van der Waals surface area contributed by atoms with Crippen LogP contribution < -0.4 is 19.6 Å². The molecule has 1 atom stereocenters. The van der Waals surface area contributed by atoms with Crippen molar-refractivity contribution in [3.05, 3.63) is 107 Å². The number of rotatable bonds is 7. The molecule has 0 saturated heterocycles. The van der Waals surface area contributed by atoms with Crippen LogP contribution in [0.1, 0.15) is 36.6 Å². The van der Waals surface area contributed by atoms with Crippen LogP contribution in [0.5, 0.6) is 5.75 Å². The van der Waals surface area contributed by atoms with Gasteiger partial charge in [-0.2, -0.15) is 0 Å². The Kier molecular flexibility index (Phi) is 7.52. The Morgan fingerprint density at radius 3 is 2.63 bits per heavy atom. The molecule has 6 nitrogen and oxygen atoms in total. The van der Waals surface area contributed by atoms with Crippen LogP contribution in [0.2, 0.25) is 0 Å². The summed E-state index contributed by atoms with van der Waals surface area (Å²) in [5.41, 5.74) is 3.46. The summed E-state index contributed by atoms with van der Waals surface area (Å²) in [6.45, 7) is 9.83. The van der Waals surface area contributed by atoms with Crippen LogP contribution in [0.15, 0.2) is 80.6 Å². The lowest BCUT2D eigenvalue weighted by Crippen LogP contribution is -2.39. The largest absolute Gasteiger partial charge is 0.488 e. The average molecular weight is 553 g/mol. The van der Waals surface area contributed by atoms with E-state index in [-0.39, 0.29) is 12.2 Å². The van der Waals surface area contributed by atoms with Crippen molar-refractivity contribution >= 4 is 39.3 Å². The van der Waals surface area contributed by atoms with Gasteiger partial charge in [0.2, 0.25) is 0 Å². The van der Waals surface area contributed by atoms with Crippen molar-refractivity contribution < 1.29 is 14.3 Å². The molecule has 35 heavy (non-hydrogen) atoms. The number of carbonyl (C=O) groups excluding carboxylic acids is 1. The summed E-state index contributed by atoms with van der Waals surface area (Å²) in [5.74, 6) is 0.227. The van der Waals surface area contributed by atoms with Gasteiger partial charge < -0.3 is 9.47 Å². The maximum atomic E-state index is 13.7. The van der Waals surface area contributed by atoms with Gasteiger partial charge in [-0.3, -0.25) is 9.36 Å². The fourth-order valence-corrected chi connectivity index (χ4v) is 5.44. The summed E-state index contributed by atoms with van der Waals surface area (Å²) in [4.78, 5) is 31.8. The fraction of sp³-hybridized carbons (Fsp3) is 0.222. The number of aromatic nitrogens is 1. The number of hydrogen-bond donors (Lipinski definition) is 0. The molecule has 0 unspecified atom stereocenters. The van der Waals surface area contributed by atoms with E-state index in [1.165, 1.54) is 11.3 Å². The minimum atomic E-state index is -0.616. The monoisotopic (exact) mass is 552 g/mol. The molecule has 1 aliphatic rings. The van der Waals surface area contributed by atoms with E-state index in [0.717, 1.165) is 21.2 Å². The maximum Gasteiger partial charge on any atom is 0.338 e. The molecule has 0 fully saturated rings. The third-order valence-corrected chi connectivity index (χ3v) is 7.12. The van der Waals surface area contributed by atoms with E-state index < -0.39 is 12.0 Å². The van der Waals surface area contributed by atoms with E-state index in [2.05, 4.69) is 27.5 Å². The first-order valence-electron chi connectivity index (χ1n) is 11.1. The van der Waals surface area contributed by atoms with Crippen LogP contribution in [0.3, 0.4) is 0 Å². The van der Waals surface area contributed by atoms with Crippen LogP contribution >= 0.6 is 27.3 Å². The van der Waals surface area contributed by atoms with Crippen molar-refractivity contribution in [1.29, 1.82) is 0 Å². The van der Waals surface area contributed by atoms with E-state index in [1.54, 1.807) is 24.5 Å². The molecule has 0 radical (unpaired) electrons. The van der Waals surface area contributed by atoms with Crippen molar-refractivity contribution in [2.75, 3.05) is 13.2 Å². The van der Waals surface area contributed by atoms with Gasteiger partial charge in [0, 0.05) is 0 Å². The first kappa shape index (κ1) is 24.9. The van der Waals surface area contributed by atoms with Crippen molar-refractivity contribution in [2.45, 2.75) is 26.8 Å². The second kappa shape index (κ2) is 10.6. The molecule has 0 amide bonds. The highest BCUT2D eigenvalue weighted by molar-refractivity contribution is 9.10. The smallest absolute Gasteiger partial charge is 0.338 e. The lowest BCUT2D eigenvalue weighted by Gasteiger charge is -2.24. The quantitative estimate of drug-likeness (QED) is 0.321. The third-order valence-electron chi connectivity index (χ3n) is 5.52. The van der Waals surface area contributed by atoms with Gasteiger partial charge in [-0.15, -0.1) is 0 Å². The summed E-state index contributed by atoms with van der Waals surface area (Å²) < 4.78 is 13.8. The van der Waals surface area contributed by atoms with Crippen LogP contribution in [0, 0.1) is 6.92 Å². The molecule has 1 aromatic heterocycles. The molecule has 3 aromatic rings. The summed E-state index contributed by atoms with van der Waals surface area (Å²) in [6, 6.07) is 12.8. The summed E-state index contributed by atoms with van der Waals surface area (Å²) >= 11 is 4.82. The highest BCUT2D eigenvalue weighted by Gasteiger charge is 2.33. The Balaban J connectivity index is 1.86. The Bertz CT molecular complexity index is 1500. The number of carbonyl (C=O) groups is 1. The Labute approximate surface area is 215 Å². The lowest BCUT2D eigenvalue weighted by atomic mass is 9.95. The summed E-state index contributed by atoms with van der Waals surface area (Å²) in [5, 5.41) is 0. The topological polar surface area (TPSA) is 69.9 Å². The molecule has 0 saturated carbocycles. The molecule has 8 heteroatoms. The second-order valence-corrected chi connectivity index (χ2v) is 9.87. The normalized spacial score (nSPS) is 15.4. The van der Waals surface area contributed by atoms with Gasteiger partial charge in [-0.05, 0) is 66.0 Å². The second-order valence-electron chi connectivity index (χ2n) is 8.00. The average Bonchev–Trinajstić information content (AvgIpc) is 3.12. The minimum Gasteiger partial charge on any atom is -0.488 e. The molecule has 0 bridgehead atoms. The van der Waals surface area contributed by atoms with Crippen molar-refractivity contribution in [1.82, 2.24) is 4.57 Å². The number of nitrogens with zero attached hydrogens (tertiary/aromatic N) is 2. The SMILES string of the molecule is C=CCOc1ccc(/C=c2/sc3n(c2=O)[C@H](c2ccc(C)cc2)C(C(=O)OCC)=C(C)N=3)cc1Br. The van der Waals surface area contributed by atoms with Crippen LogP contribution in [0.4, 0.5) is 0 Å². The van der Waals surface area contributed by atoms with Gasteiger partial charge in [0.1, 0.15) is 12.4 Å². The van der Waals surface area contributed by atoms with Gasteiger partial charge >= 0.3 is 5.97 Å². The number of fused-ring (bicyclic) bond motifs is 1. The van der Waals surface area contributed by atoms with Gasteiger partial charge in [0.15, 0.2) is 4.80 Å². The first-order valence-corrected chi connectivity index (χ1v) is 12.7. The molecule has 0 N–H and O–H groups in total. The Hall–Kier alpha value is -3.23. The predicted octanol–water partition coefficient (Wildman–Crippen LogP) is 4.43. The number of thiazole rings is 1. The van der Waals surface area contributed by atoms with Crippen molar-refractivity contribution in [3.63, 3.8) is 0 Å². The van der Waals surface area contributed by atoms with Gasteiger partial charge in [0.25, 0.3) is 5.56 Å². The van der Waals surface area contributed by atoms with Crippen LogP contribution in [-0.4, -0.2) is 23.8 Å². The number of halogens is 1. The molecule has 0 aliphatic carbocycles. The number of hydrogen-bond acceptors (Lipinski definition) is 6. The van der Waals surface area contributed by atoms with E-state index in [1.807, 2.05) is 55.5 Å². The predicted molar refractivity (Wildman–Crippen MR) is 141 cm³/mol. The van der Waals surface area contributed by atoms with E-state index in [4.69, 9.17) is 9.47 Å². The molecule has 2 aromatic carbocycles. The Morgan fingerprint density at radius 1 is 1.23 bits per heavy atom. The number of benzene rings is 2. The van der Waals surface area contributed by atoms with Gasteiger partial charge in [-0.1, -0.05) is 59.9 Å². The molecule has 4 rings (SSSR count).